The van der Waals surface area contributed by atoms with E-state index in [4.69, 9.17) is 24.9 Å². The highest BCUT2D eigenvalue weighted by Crippen LogP contribution is 2.44. The normalized spacial score (nSPS) is 13.8. The molecule has 1 N–H and O–H groups in total. The average molecular weight is 577 g/mol. The van der Waals surface area contributed by atoms with Gasteiger partial charge in [0.1, 0.15) is 32.5 Å². The van der Waals surface area contributed by atoms with E-state index in [1.54, 1.807) is 0 Å². The van der Waals surface area contributed by atoms with E-state index in [2.05, 4.69) is 12.8 Å². The molecule has 0 saturated heterocycles. The Morgan fingerprint density at radius 2 is 1.28 bits per heavy atom. The van der Waals surface area contributed by atoms with Gasteiger partial charge in [-0.15, -0.1) is 12.3 Å². The minimum absolute atomic E-state index is 0.00914. The molecule has 9 nitrogen and oxygen atoms in total. The van der Waals surface area contributed by atoms with Crippen molar-refractivity contribution in [3.05, 3.63) is 0 Å². The highest BCUT2D eigenvalue weighted by Gasteiger charge is 2.29. The van der Waals surface area contributed by atoms with Crippen LogP contribution in [0.3, 0.4) is 0 Å². The number of ether oxygens (including phenoxy) is 2. The van der Waals surface area contributed by atoms with Gasteiger partial charge in [-0.2, -0.15) is 0 Å². The van der Waals surface area contributed by atoms with E-state index in [9.17, 15) is 19.0 Å². The van der Waals surface area contributed by atoms with Crippen molar-refractivity contribution < 1.29 is 42.1 Å². The monoisotopic (exact) mass is 576 g/mol. The van der Waals surface area contributed by atoms with Crippen LogP contribution in [0.25, 0.3) is 0 Å². The molecule has 0 aromatic heterocycles. The van der Waals surface area contributed by atoms with Gasteiger partial charge in [0, 0.05) is 12.8 Å². The molecule has 2 unspecified atom stereocenters. The molecule has 0 aliphatic carbocycles. The fourth-order valence-corrected chi connectivity index (χ4v) is 4.61. The number of quaternary nitrogens is 1. The maximum atomic E-state index is 12.4. The summed E-state index contributed by atoms with van der Waals surface area (Å²) in [4.78, 5) is 34.1. The molecule has 0 aromatic carbocycles. The molecule has 2 atom stereocenters. The van der Waals surface area contributed by atoms with Gasteiger partial charge in [-0.3, -0.25) is 18.6 Å². The van der Waals surface area contributed by atoms with Gasteiger partial charge in [0.05, 0.1) is 27.6 Å². The van der Waals surface area contributed by atoms with Crippen molar-refractivity contribution in [3.8, 4) is 12.3 Å². The summed E-state index contributed by atoms with van der Waals surface area (Å²) in [7, 11) is 1.30. The summed E-state index contributed by atoms with van der Waals surface area (Å²) < 4.78 is 33.4. The predicted octanol–water partition coefficient (Wildman–Crippen LogP) is 6.18. The van der Waals surface area contributed by atoms with Crippen molar-refractivity contribution >= 4 is 19.8 Å². The Balaban J connectivity index is 4.27. The number of terminal acetylenes is 1. The predicted molar refractivity (Wildman–Crippen MR) is 154 cm³/mol. The molecular weight excluding hydrogens is 521 g/mol. The molecule has 0 spiro atoms. The quantitative estimate of drug-likeness (QED) is 0.0428. The summed E-state index contributed by atoms with van der Waals surface area (Å²) >= 11 is 0. The van der Waals surface area contributed by atoms with E-state index in [0.717, 1.165) is 19.3 Å². The third-order valence-corrected chi connectivity index (χ3v) is 7.19. The summed E-state index contributed by atoms with van der Waals surface area (Å²) in [5.74, 6) is 1.35. The van der Waals surface area contributed by atoms with Crippen LogP contribution in [0, 0.1) is 12.3 Å². The van der Waals surface area contributed by atoms with Crippen LogP contribution in [0.1, 0.15) is 110 Å². The maximum Gasteiger partial charge on any atom is 0.472 e. The number of nitrogens with zero attached hydrogens (tertiary/aromatic N) is 1. The molecule has 0 aromatic rings. The number of phosphoric ester groups is 1. The molecule has 0 heterocycles. The van der Waals surface area contributed by atoms with Gasteiger partial charge in [0.25, 0.3) is 0 Å². The Kier molecular flexibility index (Phi) is 22.4. The van der Waals surface area contributed by atoms with Crippen LogP contribution in [-0.4, -0.2) is 74.9 Å². The van der Waals surface area contributed by atoms with Crippen LogP contribution in [0.2, 0.25) is 0 Å². The second-order valence-electron chi connectivity index (χ2n) is 11.1. The van der Waals surface area contributed by atoms with Crippen LogP contribution >= 0.6 is 7.82 Å². The number of carbonyl (C=O) groups excluding carboxylic acids is 2. The first-order chi connectivity index (χ1) is 18.5. The Hall–Kier alpha value is -1.43. The molecule has 0 amide bonds. The standard InChI is InChI=1S/C29H54NO8P/c1-6-8-10-11-12-13-14-15-16-17-18-19-20-22-29(32)36-26-27(25-35-28(31)21-9-7-2)38-39(33,34)37-24-23-30(3,4)5/h2,27H,6,8-26H2,1,3-5H3/p+1. The van der Waals surface area contributed by atoms with Crippen molar-refractivity contribution in [3.63, 3.8) is 0 Å². The number of hydrogen-bond acceptors (Lipinski definition) is 7. The van der Waals surface area contributed by atoms with Gasteiger partial charge in [0.15, 0.2) is 0 Å². The van der Waals surface area contributed by atoms with E-state index >= 15 is 0 Å². The second-order valence-corrected chi connectivity index (χ2v) is 12.5. The first kappa shape index (κ1) is 37.6. The minimum Gasteiger partial charge on any atom is -0.463 e. The van der Waals surface area contributed by atoms with Gasteiger partial charge in [-0.25, -0.2) is 4.57 Å². The number of carbonyl (C=O) groups is 2. The lowest BCUT2D eigenvalue weighted by atomic mass is 10.0. The van der Waals surface area contributed by atoms with E-state index in [1.807, 2.05) is 21.1 Å². The van der Waals surface area contributed by atoms with Crippen molar-refractivity contribution in [2.75, 3.05) is 47.5 Å². The summed E-state index contributed by atoms with van der Waals surface area (Å²) in [5.41, 5.74) is 0. The smallest absolute Gasteiger partial charge is 0.463 e. The SMILES string of the molecule is C#CCCC(=O)OCC(COC(=O)CCCCCCCCCCCCCCC)OP(=O)(O)OCC[N+](C)(C)C. The number of esters is 2. The molecular formula is C29H55NO8P+. The Morgan fingerprint density at radius 3 is 1.74 bits per heavy atom. The number of likely N-dealkylation sites (N-methyl/N-ethyl adjacent to an activating group) is 1. The molecule has 0 rings (SSSR count). The van der Waals surface area contributed by atoms with Crippen LogP contribution in [0.15, 0.2) is 0 Å². The average Bonchev–Trinajstić information content (AvgIpc) is 2.86. The number of hydrogen-bond donors (Lipinski definition) is 1. The Bertz CT molecular complexity index is 732. The van der Waals surface area contributed by atoms with Crippen molar-refractivity contribution in [2.45, 2.75) is 116 Å². The zero-order chi connectivity index (χ0) is 29.4. The molecule has 10 heteroatoms. The van der Waals surface area contributed by atoms with Gasteiger partial charge in [0.2, 0.25) is 0 Å². The van der Waals surface area contributed by atoms with Crippen molar-refractivity contribution in [2.24, 2.45) is 0 Å². The lowest BCUT2D eigenvalue weighted by Crippen LogP contribution is -2.37. The third kappa shape index (κ3) is 26.6. The lowest BCUT2D eigenvalue weighted by Gasteiger charge is -2.25. The van der Waals surface area contributed by atoms with Gasteiger partial charge in [-0.05, 0) is 6.42 Å². The maximum absolute atomic E-state index is 12.4. The van der Waals surface area contributed by atoms with E-state index in [-0.39, 0.29) is 39.1 Å². The largest absolute Gasteiger partial charge is 0.472 e. The molecule has 0 fully saturated rings. The highest BCUT2D eigenvalue weighted by atomic mass is 31.2. The lowest BCUT2D eigenvalue weighted by molar-refractivity contribution is -0.870. The second kappa shape index (κ2) is 23.3. The first-order valence-corrected chi connectivity index (χ1v) is 16.2. The van der Waals surface area contributed by atoms with Crippen LogP contribution in [-0.2, 0) is 32.7 Å². The molecule has 39 heavy (non-hydrogen) atoms. The highest BCUT2D eigenvalue weighted by molar-refractivity contribution is 7.47. The van der Waals surface area contributed by atoms with E-state index < -0.39 is 25.9 Å². The van der Waals surface area contributed by atoms with Crippen LogP contribution < -0.4 is 0 Å². The van der Waals surface area contributed by atoms with Crippen LogP contribution in [0.5, 0.6) is 0 Å². The summed E-state index contributed by atoms with van der Waals surface area (Å²) in [6.45, 7) is 2.02. The van der Waals surface area contributed by atoms with Crippen molar-refractivity contribution in [1.29, 1.82) is 0 Å². The molecule has 0 bridgehead atoms. The third-order valence-electron chi connectivity index (χ3n) is 6.12. The summed E-state index contributed by atoms with van der Waals surface area (Å²) in [6.07, 6.45) is 20.3. The van der Waals surface area contributed by atoms with Crippen molar-refractivity contribution in [1.82, 2.24) is 0 Å². The fourth-order valence-electron chi connectivity index (χ4n) is 3.74. The van der Waals surface area contributed by atoms with Gasteiger partial charge in [-0.1, -0.05) is 84.0 Å². The zero-order valence-corrected chi connectivity index (χ0v) is 25.9. The molecule has 0 radical (unpaired) electrons. The topological polar surface area (TPSA) is 108 Å². The number of rotatable bonds is 26. The Labute approximate surface area is 237 Å². The van der Waals surface area contributed by atoms with Crippen LogP contribution in [0.4, 0.5) is 0 Å². The summed E-state index contributed by atoms with van der Waals surface area (Å²) in [5, 5.41) is 0. The summed E-state index contributed by atoms with van der Waals surface area (Å²) in [6, 6.07) is 0. The van der Waals surface area contributed by atoms with E-state index in [0.29, 0.717) is 11.0 Å². The first-order valence-electron chi connectivity index (χ1n) is 14.7. The fraction of sp³-hybridized carbons (Fsp3) is 0.862. The molecule has 0 aliphatic rings. The number of phosphoric acid groups is 1. The molecule has 228 valence electrons. The zero-order valence-electron chi connectivity index (χ0n) is 25.0. The Morgan fingerprint density at radius 1 is 0.821 bits per heavy atom. The molecule has 0 aliphatic heterocycles. The molecule has 0 saturated carbocycles. The van der Waals surface area contributed by atoms with Gasteiger partial charge >= 0.3 is 19.8 Å². The van der Waals surface area contributed by atoms with E-state index in [1.165, 1.54) is 64.2 Å². The number of unbranched alkanes of at least 4 members (excludes halogenated alkanes) is 12. The minimum atomic E-state index is -4.45. The van der Waals surface area contributed by atoms with Gasteiger partial charge < -0.3 is 18.9 Å².